The van der Waals surface area contributed by atoms with Crippen LogP contribution in [0.2, 0.25) is 0 Å². The van der Waals surface area contributed by atoms with Crippen molar-refractivity contribution in [3.63, 3.8) is 0 Å². The van der Waals surface area contributed by atoms with E-state index in [1.807, 2.05) is 27.5 Å². The van der Waals surface area contributed by atoms with E-state index >= 15 is 0 Å². The van der Waals surface area contributed by atoms with Gasteiger partial charge in [0, 0.05) is 23.9 Å². The van der Waals surface area contributed by atoms with Gasteiger partial charge in [0.25, 0.3) is 5.91 Å². The summed E-state index contributed by atoms with van der Waals surface area (Å²) < 4.78 is 9.98. The smallest absolute Gasteiger partial charge is 0.262 e. The molecule has 34 heavy (non-hydrogen) atoms. The normalized spacial score (nSPS) is 18.3. The van der Waals surface area contributed by atoms with Crippen LogP contribution in [0.15, 0.2) is 49.3 Å². The van der Waals surface area contributed by atoms with Crippen molar-refractivity contribution < 1.29 is 9.53 Å². The molecule has 0 saturated heterocycles. The first-order valence-electron chi connectivity index (χ1n) is 11.5. The van der Waals surface area contributed by atoms with E-state index < -0.39 is 0 Å². The van der Waals surface area contributed by atoms with Gasteiger partial charge in [0.2, 0.25) is 5.88 Å². The summed E-state index contributed by atoms with van der Waals surface area (Å²) in [4.78, 5) is 26.8. The molecule has 1 aliphatic carbocycles. The number of hydrogen-bond donors (Lipinski definition) is 1. The van der Waals surface area contributed by atoms with E-state index in [4.69, 9.17) is 4.74 Å². The first-order valence-corrected chi connectivity index (χ1v) is 11.5. The minimum atomic E-state index is -0.339. The monoisotopic (exact) mass is 456 g/mol. The van der Waals surface area contributed by atoms with Gasteiger partial charge < -0.3 is 19.2 Å². The van der Waals surface area contributed by atoms with Crippen LogP contribution in [-0.2, 0) is 0 Å². The molecule has 172 valence electrons. The van der Waals surface area contributed by atoms with E-state index in [1.165, 1.54) is 0 Å². The zero-order valence-corrected chi connectivity index (χ0v) is 18.8. The molecule has 10 heteroatoms. The van der Waals surface area contributed by atoms with E-state index in [9.17, 15) is 4.79 Å². The van der Waals surface area contributed by atoms with Crippen LogP contribution in [0.3, 0.4) is 0 Å². The number of anilines is 1. The van der Waals surface area contributed by atoms with E-state index in [0.29, 0.717) is 41.3 Å². The number of nitrogens with one attached hydrogen (secondary N) is 1. The van der Waals surface area contributed by atoms with Crippen LogP contribution < -0.4 is 10.1 Å². The van der Waals surface area contributed by atoms with Crippen molar-refractivity contribution in [1.29, 1.82) is 0 Å². The molecule has 2 aliphatic rings. The van der Waals surface area contributed by atoms with Gasteiger partial charge in [-0.3, -0.25) is 4.79 Å². The second kappa shape index (κ2) is 8.36. The highest BCUT2D eigenvalue weighted by atomic mass is 16.5. The Morgan fingerprint density at radius 2 is 2.06 bits per heavy atom. The van der Waals surface area contributed by atoms with Gasteiger partial charge in [-0.25, -0.2) is 15.0 Å². The van der Waals surface area contributed by atoms with Crippen molar-refractivity contribution in [3.05, 3.63) is 60.6 Å². The molecule has 0 radical (unpaired) electrons. The number of hydrogen-bond acceptors (Lipinski definition) is 7. The second-order valence-corrected chi connectivity index (χ2v) is 8.77. The van der Waals surface area contributed by atoms with Crippen molar-refractivity contribution in [2.24, 2.45) is 0 Å². The van der Waals surface area contributed by atoms with Crippen molar-refractivity contribution in [3.8, 4) is 23.1 Å². The highest BCUT2D eigenvalue weighted by molar-refractivity contribution is 6.05. The maximum atomic E-state index is 13.4. The molecular weight excluding hydrogens is 432 g/mol. The molecule has 1 aliphatic heterocycles. The van der Waals surface area contributed by atoms with Crippen LogP contribution in [0.4, 0.5) is 5.82 Å². The Hall–Kier alpha value is -4.08. The topological polar surface area (TPSA) is 113 Å². The van der Waals surface area contributed by atoms with Gasteiger partial charge in [0.05, 0.1) is 24.8 Å². The minimum absolute atomic E-state index is 0.161. The van der Waals surface area contributed by atoms with Gasteiger partial charge in [-0.1, -0.05) is 6.07 Å². The summed E-state index contributed by atoms with van der Waals surface area (Å²) in [6, 6.07) is 7.42. The number of rotatable bonds is 2. The fourth-order valence-electron chi connectivity index (χ4n) is 4.30. The second-order valence-electron chi connectivity index (χ2n) is 8.77. The van der Waals surface area contributed by atoms with Crippen molar-refractivity contribution in [2.45, 2.75) is 44.6 Å². The van der Waals surface area contributed by atoms with Gasteiger partial charge in [-0.2, -0.15) is 0 Å². The first-order chi connectivity index (χ1) is 16.7. The Labute approximate surface area is 196 Å². The van der Waals surface area contributed by atoms with Gasteiger partial charge in [0.15, 0.2) is 5.82 Å². The summed E-state index contributed by atoms with van der Waals surface area (Å²) in [6.07, 6.45) is 11.0. The standard InChI is InChI=1S/C24H24N8O2/c1-15-4-3-9-34-24-18(10-17(11-26-24)32-13-25-12-20(32)16-7-8-16)23(33)29-21-6-2-5-19(28-21)22-30-27-14-31(15)22/h2,5-6,10-16H,3-4,7-9H2,1H3,(H,28,29,33)/t15-/m0/s1. The number of ether oxygens (including phenoxy) is 1. The van der Waals surface area contributed by atoms with E-state index in [0.717, 1.165) is 37.1 Å². The van der Waals surface area contributed by atoms with Crippen molar-refractivity contribution in [2.75, 3.05) is 11.9 Å². The first kappa shape index (κ1) is 20.5. The van der Waals surface area contributed by atoms with Gasteiger partial charge >= 0.3 is 0 Å². The Morgan fingerprint density at radius 1 is 1.15 bits per heavy atom. The maximum Gasteiger partial charge on any atom is 0.262 e. The van der Waals surface area contributed by atoms with Crippen LogP contribution in [0.1, 0.15) is 60.6 Å². The fraction of sp³-hybridized carbons (Fsp3) is 0.333. The number of imidazole rings is 1. The highest BCUT2D eigenvalue weighted by Gasteiger charge is 2.28. The summed E-state index contributed by atoms with van der Waals surface area (Å²) in [5.74, 6) is 1.56. The number of fused-ring (bicyclic) bond motifs is 5. The third-order valence-electron chi connectivity index (χ3n) is 6.29. The molecule has 10 nitrogen and oxygen atoms in total. The molecule has 5 heterocycles. The molecule has 1 amide bonds. The van der Waals surface area contributed by atoms with Gasteiger partial charge in [0.1, 0.15) is 23.4 Å². The molecule has 0 spiro atoms. The van der Waals surface area contributed by atoms with Crippen molar-refractivity contribution in [1.82, 2.24) is 34.3 Å². The van der Waals surface area contributed by atoms with Crippen molar-refractivity contribution >= 4 is 11.7 Å². The van der Waals surface area contributed by atoms with Gasteiger partial charge in [-0.15, -0.1) is 10.2 Å². The third kappa shape index (κ3) is 3.81. The quantitative estimate of drug-likeness (QED) is 0.488. The Kier molecular flexibility index (Phi) is 5.05. The molecule has 6 rings (SSSR count). The van der Waals surface area contributed by atoms with Crippen LogP contribution in [0.25, 0.3) is 17.2 Å². The summed E-state index contributed by atoms with van der Waals surface area (Å²) in [6.45, 7) is 2.56. The zero-order chi connectivity index (χ0) is 23.1. The summed E-state index contributed by atoms with van der Waals surface area (Å²) in [5, 5.41) is 11.2. The Bertz CT molecular complexity index is 1360. The molecule has 1 atom stereocenters. The number of pyridine rings is 2. The average molecular weight is 457 g/mol. The van der Waals surface area contributed by atoms with E-state index in [1.54, 1.807) is 31.0 Å². The lowest BCUT2D eigenvalue weighted by atomic mass is 10.1. The summed E-state index contributed by atoms with van der Waals surface area (Å²) >= 11 is 0. The molecule has 2 bridgehead atoms. The molecular formula is C24H24N8O2. The molecule has 4 aromatic heterocycles. The molecule has 1 fully saturated rings. The minimum Gasteiger partial charge on any atom is -0.477 e. The molecule has 1 saturated carbocycles. The van der Waals surface area contributed by atoms with Gasteiger partial charge in [-0.05, 0) is 50.8 Å². The maximum absolute atomic E-state index is 13.4. The predicted octanol–water partition coefficient (Wildman–Crippen LogP) is 3.78. The lowest BCUT2D eigenvalue weighted by molar-refractivity contribution is 0.102. The number of nitrogens with zero attached hydrogens (tertiary/aromatic N) is 7. The number of carbonyl (C=O) groups is 1. The summed E-state index contributed by atoms with van der Waals surface area (Å²) in [5.41, 5.74) is 2.92. The molecule has 0 aromatic carbocycles. The number of carbonyl (C=O) groups excluding carboxylic acids is 1. The lowest BCUT2D eigenvalue weighted by Crippen LogP contribution is -2.17. The van der Waals surface area contributed by atoms with Crippen LogP contribution in [0.5, 0.6) is 5.88 Å². The zero-order valence-electron chi connectivity index (χ0n) is 18.8. The molecule has 1 N–H and O–H groups in total. The predicted molar refractivity (Wildman–Crippen MR) is 124 cm³/mol. The number of amides is 1. The largest absolute Gasteiger partial charge is 0.477 e. The average Bonchev–Trinajstić information content (AvgIpc) is 3.37. The summed E-state index contributed by atoms with van der Waals surface area (Å²) in [7, 11) is 0. The highest BCUT2D eigenvalue weighted by Crippen LogP contribution is 2.40. The van der Waals surface area contributed by atoms with Crippen LogP contribution in [0, 0.1) is 0 Å². The fourth-order valence-corrected chi connectivity index (χ4v) is 4.30. The third-order valence-corrected chi connectivity index (χ3v) is 6.29. The molecule has 4 aromatic rings. The lowest BCUT2D eigenvalue weighted by Gasteiger charge is -2.17. The van der Waals surface area contributed by atoms with E-state index in [-0.39, 0.29) is 11.9 Å². The van der Waals surface area contributed by atoms with Crippen LogP contribution >= 0.6 is 0 Å². The SMILES string of the molecule is C[C@H]1CCCOc2ncc(-n3cncc3C3CC3)cc2C(=O)Nc2cccc(n2)-c2nncn21. The Morgan fingerprint density at radius 3 is 2.94 bits per heavy atom. The van der Waals surface area contributed by atoms with E-state index in [2.05, 4.69) is 37.4 Å². The number of aromatic nitrogens is 7. The van der Waals surface area contributed by atoms with Crippen LogP contribution in [-0.4, -0.2) is 46.8 Å². The molecule has 0 unspecified atom stereocenters. The Balaban J connectivity index is 1.39.